The number of benzene rings is 2. The Bertz CT molecular complexity index is 1080. The largest absolute Gasteiger partial charge is 0.459 e. The van der Waals surface area contributed by atoms with Crippen molar-refractivity contribution in [1.29, 1.82) is 0 Å². The highest BCUT2D eigenvalue weighted by atomic mass is 35.5. The molecule has 1 aliphatic heterocycles. The molecule has 32 heavy (non-hydrogen) atoms. The Balaban J connectivity index is 1.46. The zero-order valence-electron chi connectivity index (χ0n) is 17.5. The molecule has 0 aliphatic carbocycles. The lowest BCUT2D eigenvalue weighted by Gasteiger charge is -2.30. The van der Waals surface area contributed by atoms with Crippen molar-refractivity contribution in [2.24, 2.45) is 7.05 Å². The van der Waals surface area contributed by atoms with Crippen LogP contribution in [0.4, 0.5) is 0 Å². The third-order valence-electron chi connectivity index (χ3n) is 5.32. The highest BCUT2D eigenvalue weighted by Gasteiger charge is 2.44. The van der Waals surface area contributed by atoms with Crippen molar-refractivity contribution in [3.63, 3.8) is 0 Å². The molecule has 0 bridgehead atoms. The van der Waals surface area contributed by atoms with Crippen LogP contribution >= 0.6 is 35.0 Å². The molecule has 0 unspecified atom stereocenters. The van der Waals surface area contributed by atoms with Gasteiger partial charge in [-0.1, -0.05) is 47.5 Å². The molecule has 1 aliphatic rings. The van der Waals surface area contributed by atoms with Crippen LogP contribution in [-0.4, -0.2) is 39.2 Å². The molecule has 9 heteroatoms. The van der Waals surface area contributed by atoms with Crippen molar-refractivity contribution in [1.82, 2.24) is 14.8 Å². The van der Waals surface area contributed by atoms with Crippen molar-refractivity contribution in [3.8, 4) is 0 Å². The van der Waals surface area contributed by atoms with E-state index in [0.717, 1.165) is 30.7 Å². The second-order valence-corrected chi connectivity index (χ2v) is 9.67. The van der Waals surface area contributed by atoms with Gasteiger partial charge in [0.25, 0.3) is 0 Å². The predicted molar refractivity (Wildman–Crippen MR) is 126 cm³/mol. The molecule has 4 rings (SSSR count). The maximum absolute atomic E-state index is 12.3. The van der Waals surface area contributed by atoms with Crippen molar-refractivity contribution in [3.05, 3.63) is 81.9 Å². The van der Waals surface area contributed by atoms with Crippen molar-refractivity contribution < 1.29 is 14.3 Å². The summed E-state index contributed by atoms with van der Waals surface area (Å²) in [7, 11) is 1.88. The fourth-order valence-corrected chi connectivity index (χ4v) is 5.77. The average Bonchev–Trinajstić information content (AvgIpc) is 3.39. The summed E-state index contributed by atoms with van der Waals surface area (Å²) in [5.41, 5.74) is 1.40. The first-order chi connectivity index (χ1) is 15.5. The Labute approximate surface area is 201 Å². The molecule has 3 aromatic rings. The molecule has 0 N–H and O–H groups in total. The Morgan fingerprint density at radius 2 is 2.09 bits per heavy atom. The smallest absolute Gasteiger partial charge is 0.338 e. The van der Waals surface area contributed by atoms with Crippen LogP contribution in [0, 0.1) is 0 Å². The van der Waals surface area contributed by atoms with Gasteiger partial charge in [-0.3, -0.25) is 4.68 Å². The maximum Gasteiger partial charge on any atom is 0.338 e. The van der Waals surface area contributed by atoms with Crippen LogP contribution in [0.5, 0.6) is 0 Å². The number of carbonyl (C=O) groups excluding carboxylic acids is 1. The van der Waals surface area contributed by atoms with Gasteiger partial charge in [0, 0.05) is 34.8 Å². The number of thioether (sulfide) groups is 1. The third-order valence-corrected chi connectivity index (χ3v) is 7.39. The maximum atomic E-state index is 12.3. The Morgan fingerprint density at radius 3 is 2.81 bits per heavy atom. The number of ether oxygens (including phenoxy) is 2. The third kappa shape index (κ3) is 5.29. The van der Waals surface area contributed by atoms with E-state index in [1.807, 2.05) is 37.4 Å². The number of rotatable bonds is 8. The van der Waals surface area contributed by atoms with E-state index in [0.29, 0.717) is 21.4 Å². The summed E-state index contributed by atoms with van der Waals surface area (Å²) < 4.78 is 13.8. The van der Waals surface area contributed by atoms with Crippen LogP contribution in [0.1, 0.15) is 34.6 Å². The monoisotopic (exact) mass is 491 g/mol. The van der Waals surface area contributed by atoms with E-state index in [1.54, 1.807) is 41.0 Å². The number of aromatic nitrogens is 3. The summed E-state index contributed by atoms with van der Waals surface area (Å²) in [5.74, 6) is 1.24. The summed E-state index contributed by atoms with van der Waals surface area (Å²) >= 11 is 14.4. The fraction of sp³-hybridized carbons (Fsp3) is 0.348. The van der Waals surface area contributed by atoms with Crippen LogP contribution in [0.15, 0.2) is 54.9 Å². The lowest BCUT2D eigenvalue weighted by molar-refractivity contribution is -0.0469. The van der Waals surface area contributed by atoms with Gasteiger partial charge in [-0.25, -0.2) is 9.78 Å². The molecular weight excluding hydrogens is 469 g/mol. The topological polar surface area (TPSA) is 66.2 Å². The summed E-state index contributed by atoms with van der Waals surface area (Å²) in [5, 5.41) is 5.26. The molecule has 0 radical (unpaired) electrons. The van der Waals surface area contributed by atoms with Crippen LogP contribution in [0.2, 0.25) is 10.0 Å². The molecule has 6 nitrogen and oxygen atoms in total. The van der Waals surface area contributed by atoms with Gasteiger partial charge in [0.1, 0.15) is 29.8 Å². The first-order valence-electron chi connectivity index (χ1n) is 10.3. The minimum atomic E-state index is -0.649. The predicted octanol–water partition coefficient (Wildman–Crippen LogP) is 5.29. The molecule has 2 heterocycles. The molecule has 2 atom stereocenters. The van der Waals surface area contributed by atoms with Crippen LogP contribution in [0.3, 0.4) is 0 Å². The number of aryl methyl sites for hydroxylation is 2. The first-order valence-corrected chi connectivity index (χ1v) is 12.0. The number of halogens is 2. The second-order valence-electron chi connectivity index (χ2n) is 7.55. The van der Waals surface area contributed by atoms with Gasteiger partial charge in [-0.15, -0.1) is 11.8 Å². The molecule has 0 spiro atoms. The number of nitrogens with zero attached hydrogens (tertiary/aromatic N) is 3. The van der Waals surface area contributed by atoms with Gasteiger partial charge < -0.3 is 9.47 Å². The summed E-state index contributed by atoms with van der Waals surface area (Å²) in [6.45, 7) is 0.178. The fourth-order valence-electron chi connectivity index (χ4n) is 3.70. The van der Waals surface area contributed by atoms with Crippen LogP contribution < -0.4 is 0 Å². The molecule has 1 aromatic heterocycles. The quantitative estimate of drug-likeness (QED) is 0.399. The van der Waals surface area contributed by atoms with E-state index >= 15 is 0 Å². The zero-order valence-corrected chi connectivity index (χ0v) is 19.9. The van der Waals surface area contributed by atoms with Crippen molar-refractivity contribution >= 4 is 40.9 Å². The first kappa shape index (κ1) is 23.1. The van der Waals surface area contributed by atoms with Gasteiger partial charge in [-0.05, 0) is 37.1 Å². The van der Waals surface area contributed by atoms with Gasteiger partial charge in [0.15, 0.2) is 0 Å². The van der Waals surface area contributed by atoms with Gasteiger partial charge in [0.05, 0.1) is 5.56 Å². The molecule has 1 saturated heterocycles. The van der Waals surface area contributed by atoms with Crippen LogP contribution in [-0.2, 0) is 27.9 Å². The SMILES string of the molecule is Cn1ncnc1CCC[C@@]1(c2ccc(Cl)cc2Cl)O[C@H](COC(=O)c2ccccc2)CS1. The second kappa shape index (κ2) is 10.3. The van der Waals surface area contributed by atoms with E-state index < -0.39 is 4.93 Å². The minimum Gasteiger partial charge on any atom is -0.459 e. The lowest BCUT2D eigenvalue weighted by Crippen LogP contribution is -2.28. The van der Waals surface area contributed by atoms with E-state index in [-0.39, 0.29) is 18.7 Å². The average molecular weight is 492 g/mol. The Hall–Kier alpha value is -2.06. The van der Waals surface area contributed by atoms with E-state index in [4.69, 9.17) is 32.7 Å². The summed E-state index contributed by atoms with van der Waals surface area (Å²) in [4.78, 5) is 16.0. The normalized spacial score (nSPS) is 20.4. The van der Waals surface area contributed by atoms with E-state index in [1.165, 1.54) is 0 Å². The van der Waals surface area contributed by atoms with Crippen LogP contribution in [0.25, 0.3) is 0 Å². The summed E-state index contributed by atoms with van der Waals surface area (Å²) in [6.07, 6.45) is 3.62. The Morgan fingerprint density at radius 1 is 1.28 bits per heavy atom. The van der Waals surface area contributed by atoms with Crippen molar-refractivity contribution in [2.75, 3.05) is 12.4 Å². The number of hydrogen-bond donors (Lipinski definition) is 0. The van der Waals surface area contributed by atoms with Gasteiger partial charge >= 0.3 is 5.97 Å². The minimum absolute atomic E-state index is 0.178. The standard InChI is InChI=1S/C23H23Cl2N3O3S/c1-28-21(26-15-27-28)8-5-11-23(19-10-9-17(24)12-20(19)25)31-18(14-32-23)13-30-22(29)16-6-3-2-4-7-16/h2-4,6-7,9-10,12,15,18H,5,8,11,13-14H2,1H3/t18-,23-/m1/s1. The highest BCUT2D eigenvalue weighted by molar-refractivity contribution is 8.00. The van der Waals surface area contributed by atoms with Gasteiger partial charge in [-0.2, -0.15) is 5.10 Å². The van der Waals surface area contributed by atoms with E-state index in [9.17, 15) is 4.79 Å². The zero-order chi connectivity index (χ0) is 22.6. The molecule has 0 saturated carbocycles. The molecular formula is C23H23Cl2N3O3S. The number of carbonyl (C=O) groups is 1. The molecule has 0 amide bonds. The summed E-state index contributed by atoms with van der Waals surface area (Å²) in [6, 6.07) is 14.4. The molecule has 168 valence electrons. The molecule has 2 aromatic carbocycles. The van der Waals surface area contributed by atoms with E-state index in [2.05, 4.69) is 10.1 Å². The number of esters is 1. The lowest BCUT2D eigenvalue weighted by atomic mass is 10.0. The highest BCUT2D eigenvalue weighted by Crippen LogP contribution is 2.50. The molecule has 1 fully saturated rings. The van der Waals surface area contributed by atoms with Crippen molar-refractivity contribution in [2.45, 2.75) is 30.3 Å². The number of hydrogen-bond acceptors (Lipinski definition) is 6. The van der Waals surface area contributed by atoms with Gasteiger partial charge in [0.2, 0.25) is 0 Å². The Kier molecular flexibility index (Phi) is 7.40.